The third-order valence-electron chi connectivity index (χ3n) is 5.39. The second kappa shape index (κ2) is 9.82. The summed E-state index contributed by atoms with van der Waals surface area (Å²) in [5.74, 6) is -1.39. The van der Waals surface area contributed by atoms with E-state index in [0.29, 0.717) is 36.6 Å². The minimum absolute atomic E-state index is 0.0713. The van der Waals surface area contributed by atoms with Gasteiger partial charge in [0, 0.05) is 17.7 Å². The Morgan fingerprint density at radius 3 is 2.38 bits per heavy atom. The van der Waals surface area contributed by atoms with Crippen LogP contribution < -0.4 is 9.47 Å². The summed E-state index contributed by atoms with van der Waals surface area (Å²) in [6.07, 6.45) is 0.624. The number of nitrogens with zero attached hydrogens (tertiary/aromatic N) is 2. The van der Waals surface area contributed by atoms with Crippen LogP contribution in [0.4, 0.5) is 4.39 Å². The van der Waals surface area contributed by atoms with Crippen molar-refractivity contribution in [2.45, 2.75) is 12.5 Å². The van der Waals surface area contributed by atoms with Gasteiger partial charge in [-0.25, -0.2) is 4.39 Å². The van der Waals surface area contributed by atoms with Gasteiger partial charge in [0.05, 0.1) is 25.8 Å². The van der Waals surface area contributed by atoms with E-state index in [-0.39, 0.29) is 16.9 Å². The summed E-state index contributed by atoms with van der Waals surface area (Å²) in [4.78, 5) is 29.5. The molecule has 1 N–H and O–H groups in total. The van der Waals surface area contributed by atoms with Crippen LogP contribution in [0.2, 0.25) is 0 Å². The summed E-state index contributed by atoms with van der Waals surface area (Å²) in [5, 5.41) is 11.0. The number of hydrogen-bond donors (Lipinski definition) is 1. The van der Waals surface area contributed by atoms with Crippen molar-refractivity contribution in [1.29, 1.82) is 0 Å². The van der Waals surface area contributed by atoms with E-state index >= 15 is 0 Å². The molecule has 170 valence electrons. The topological polar surface area (TPSA) is 79.3 Å². The number of aliphatic hydroxyl groups is 1. The number of methoxy groups -OCH3 is 2. The van der Waals surface area contributed by atoms with Gasteiger partial charge in [0.15, 0.2) is 0 Å². The van der Waals surface area contributed by atoms with Crippen molar-refractivity contribution in [1.82, 2.24) is 9.80 Å². The number of Topliss-reactive ketones (excluding diaryl/α,β-unsaturated/α-hetero) is 1. The van der Waals surface area contributed by atoms with Crippen molar-refractivity contribution in [2.24, 2.45) is 0 Å². The number of halogens is 1. The van der Waals surface area contributed by atoms with E-state index in [1.54, 1.807) is 18.2 Å². The molecule has 1 amide bonds. The van der Waals surface area contributed by atoms with Crippen LogP contribution in [0, 0.1) is 5.82 Å². The standard InChI is InChI=1S/C24H27FN2O5/c1-26(2)12-5-13-27-21(18-14-17(31-3)10-11-19(18)32-4)20(23(29)24(27)30)22(28)15-6-8-16(25)9-7-15/h6-11,14,21,28H,5,12-13H2,1-4H3/b22-20+. The second-order valence-corrected chi connectivity index (χ2v) is 7.76. The Bertz CT molecular complexity index is 1030. The van der Waals surface area contributed by atoms with E-state index < -0.39 is 23.5 Å². The van der Waals surface area contributed by atoms with Crippen LogP contribution >= 0.6 is 0 Å². The molecule has 1 fully saturated rings. The molecule has 0 saturated carbocycles. The zero-order chi connectivity index (χ0) is 23.4. The van der Waals surface area contributed by atoms with E-state index in [1.807, 2.05) is 19.0 Å². The fourth-order valence-electron chi connectivity index (χ4n) is 3.81. The molecule has 1 aliphatic rings. The van der Waals surface area contributed by atoms with Gasteiger partial charge < -0.3 is 24.4 Å². The predicted octanol–water partition coefficient (Wildman–Crippen LogP) is 3.22. The molecule has 0 aromatic heterocycles. The number of ketones is 1. The number of rotatable bonds is 8. The number of amides is 1. The lowest BCUT2D eigenvalue weighted by Gasteiger charge is -2.27. The van der Waals surface area contributed by atoms with Crippen LogP contribution in [0.15, 0.2) is 48.0 Å². The van der Waals surface area contributed by atoms with Gasteiger partial charge in [-0.05, 0) is 69.5 Å². The molecule has 7 nitrogen and oxygen atoms in total. The molecule has 0 bridgehead atoms. The first kappa shape index (κ1) is 23.3. The van der Waals surface area contributed by atoms with Crippen LogP contribution in [0.5, 0.6) is 11.5 Å². The van der Waals surface area contributed by atoms with E-state index in [1.165, 1.54) is 43.4 Å². The van der Waals surface area contributed by atoms with Gasteiger partial charge in [0.1, 0.15) is 23.1 Å². The molecular weight excluding hydrogens is 415 g/mol. The van der Waals surface area contributed by atoms with Gasteiger partial charge in [0.25, 0.3) is 11.7 Å². The average molecular weight is 442 g/mol. The van der Waals surface area contributed by atoms with Crippen molar-refractivity contribution < 1.29 is 28.6 Å². The quantitative estimate of drug-likeness (QED) is 0.384. The van der Waals surface area contributed by atoms with Crippen molar-refractivity contribution >= 4 is 17.4 Å². The fourth-order valence-corrected chi connectivity index (χ4v) is 3.81. The lowest BCUT2D eigenvalue weighted by molar-refractivity contribution is -0.140. The Balaban J connectivity index is 2.18. The molecule has 3 rings (SSSR count). The summed E-state index contributed by atoms with van der Waals surface area (Å²) in [6, 6.07) is 9.30. The van der Waals surface area contributed by atoms with Crippen molar-refractivity contribution in [3.8, 4) is 11.5 Å². The normalized spacial score (nSPS) is 17.8. The van der Waals surface area contributed by atoms with Crippen LogP contribution in [0.3, 0.4) is 0 Å². The fraction of sp³-hybridized carbons (Fsp3) is 0.333. The molecule has 0 spiro atoms. The molecule has 32 heavy (non-hydrogen) atoms. The molecule has 1 aliphatic heterocycles. The lowest BCUT2D eigenvalue weighted by atomic mass is 9.94. The number of benzene rings is 2. The first-order chi connectivity index (χ1) is 15.3. The number of likely N-dealkylation sites (tertiary alicyclic amines) is 1. The maximum Gasteiger partial charge on any atom is 0.295 e. The SMILES string of the molecule is COc1ccc(OC)c(C2/C(=C(\O)c3ccc(F)cc3)C(=O)C(=O)N2CCCN(C)C)c1. The molecule has 2 aromatic carbocycles. The molecule has 1 heterocycles. The molecule has 0 radical (unpaired) electrons. The number of ether oxygens (including phenoxy) is 2. The van der Waals surface area contributed by atoms with Gasteiger partial charge in [-0.1, -0.05) is 0 Å². The minimum Gasteiger partial charge on any atom is -0.507 e. The highest BCUT2D eigenvalue weighted by Crippen LogP contribution is 2.43. The van der Waals surface area contributed by atoms with E-state index in [9.17, 15) is 19.1 Å². The number of hydrogen-bond acceptors (Lipinski definition) is 6. The third kappa shape index (κ3) is 4.60. The highest BCUT2D eigenvalue weighted by atomic mass is 19.1. The van der Waals surface area contributed by atoms with E-state index in [4.69, 9.17) is 9.47 Å². The first-order valence-electron chi connectivity index (χ1n) is 10.2. The highest BCUT2D eigenvalue weighted by Gasteiger charge is 2.47. The second-order valence-electron chi connectivity index (χ2n) is 7.76. The Hall–Kier alpha value is -3.39. The van der Waals surface area contributed by atoms with Crippen molar-refractivity contribution in [2.75, 3.05) is 41.4 Å². The average Bonchev–Trinajstić information content (AvgIpc) is 3.03. The molecule has 1 atom stereocenters. The lowest BCUT2D eigenvalue weighted by Crippen LogP contribution is -2.32. The Morgan fingerprint density at radius 1 is 1.09 bits per heavy atom. The van der Waals surface area contributed by atoms with E-state index in [2.05, 4.69) is 0 Å². The zero-order valence-electron chi connectivity index (χ0n) is 18.6. The predicted molar refractivity (Wildman–Crippen MR) is 118 cm³/mol. The Kier molecular flexibility index (Phi) is 7.15. The maximum atomic E-state index is 13.4. The molecule has 8 heteroatoms. The van der Waals surface area contributed by atoms with Crippen LogP contribution in [0.25, 0.3) is 5.76 Å². The number of carbonyl (C=O) groups excluding carboxylic acids is 2. The third-order valence-corrected chi connectivity index (χ3v) is 5.39. The van der Waals surface area contributed by atoms with Crippen LogP contribution in [-0.4, -0.2) is 68.0 Å². The summed E-state index contributed by atoms with van der Waals surface area (Å²) < 4.78 is 24.2. The summed E-state index contributed by atoms with van der Waals surface area (Å²) in [5.41, 5.74) is 0.683. The van der Waals surface area contributed by atoms with Gasteiger partial charge in [-0.3, -0.25) is 9.59 Å². The van der Waals surface area contributed by atoms with Gasteiger partial charge in [-0.2, -0.15) is 0 Å². The van der Waals surface area contributed by atoms with Crippen LogP contribution in [0.1, 0.15) is 23.6 Å². The smallest absolute Gasteiger partial charge is 0.295 e. The molecule has 1 unspecified atom stereocenters. The van der Waals surface area contributed by atoms with Crippen molar-refractivity contribution in [3.05, 3.63) is 65.0 Å². The summed E-state index contributed by atoms with van der Waals surface area (Å²) >= 11 is 0. The molecular formula is C24H27FN2O5. The minimum atomic E-state index is -0.882. The summed E-state index contributed by atoms with van der Waals surface area (Å²) in [7, 11) is 6.85. The monoisotopic (exact) mass is 442 g/mol. The van der Waals surface area contributed by atoms with Gasteiger partial charge in [0.2, 0.25) is 0 Å². The first-order valence-corrected chi connectivity index (χ1v) is 10.2. The van der Waals surface area contributed by atoms with Crippen molar-refractivity contribution in [3.63, 3.8) is 0 Å². The maximum absolute atomic E-state index is 13.4. The number of aliphatic hydroxyl groups excluding tert-OH is 1. The Labute approximate surface area is 186 Å². The zero-order valence-corrected chi connectivity index (χ0v) is 18.6. The Morgan fingerprint density at radius 2 is 1.78 bits per heavy atom. The molecule has 1 saturated heterocycles. The van der Waals surface area contributed by atoms with Gasteiger partial charge in [-0.15, -0.1) is 0 Å². The summed E-state index contributed by atoms with van der Waals surface area (Å²) in [6.45, 7) is 1.01. The molecule has 0 aliphatic carbocycles. The highest BCUT2D eigenvalue weighted by molar-refractivity contribution is 6.46. The van der Waals surface area contributed by atoms with E-state index in [0.717, 1.165) is 0 Å². The molecule has 2 aromatic rings. The van der Waals surface area contributed by atoms with Crippen LogP contribution in [-0.2, 0) is 9.59 Å². The number of carbonyl (C=O) groups is 2. The largest absolute Gasteiger partial charge is 0.507 e. The van der Waals surface area contributed by atoms with Gasteiger partial charge >= 0.3 is 0 Å².